The molecular formula is C16H16FN3. The SMILES string of the molecule is Cc1cc(F)cc(-c2nc3c(c(C4CC4)n2)CNC3)c1. The maximum Gasteiger partial charge on any atom is 0.159 e. The summed E-state index contributed by atoms with van der Waals surface area (Å²) in [6.45, 7) is 3.55. The Kier molecular flexibility index (Phi) is 2.60. The van der Waals surface area contributed by atoms with Crippen LogP contribution in [-0.2, 0) is 13.1 Å². The average molecular weight is 269 g/mol. The summed E-state index contributed by atoms with van der Waals surface area (Å²) < 4.78 is 13.6. The third-order valence-corrected chi connectivity index (χ3v) is 3.98. The van der Waals surface area contributed by atoms with Crippen molar-refractivity contribution < 1.29 is 4.39 Å². The summed E-state index contributed by atoms with van der Waals surface area (Å²) in [5, 5.41) is 3.34. The number of nitrogens with zero attached hydrogens (tertiary/aromatic N) is 2. The molecule has 1 aromatic carbocycles. The van der Waals surface area contributed by atoms with Crippen LogP contribution in [0.4, 0.5) is 4.39 Å². The normalized spacial score (nSPS) is 17.3. The van der Waals surface area contributed by atoms with Gasteiger partial charge in [0.15, 0.2) is 5.82 Å². The number of rotatable bonds is 2. The van der Waals surface area contributed by atoms with Gasteiger partial charge >= 0.3 is 0 Å². The van der Waals surface area contributed by atoms with Crippen LogP contribution in [-0.4, -0.2) is 9.97 Å². The van der Waals surface area contributed by atoms with E-state index >= 15 is 0 Å². The van der Waals surface area contributed by atoms with Crippen LogP contribution in [0.3, 0.4) is 0 Å². The van der Waals surface area contributed by atoms with Crippen molar-refractivity contribution in [1.82, 2.24) is 15.3 Å². The number of nitrogens with one attached hydrogen (secondary N) is 1. The van der Waals surface area contributed by atoms with E-state index in [1.54, 1.807) is 0 Å². The molecule has 0 radical (unpaired) electrons. The minimum absolute atomic E-state index is 0.227. The predicted molar refractivity (Wildman–Crippen MR) is 74.7 cm³/mol. The van der Waals surface area contributed by atoms with Crippen LogP contribution < -0.4 is 5.32 Å². The zero-order valence-corrected chi connectivity index (χ0v) is 11.4. The highest BCUT2D eigenvalue weighted by molar-refractivity contribution is 5.58. The second-order valence-corrected chi connectivity index (χ2v) is 5.75. The van der Waals surface area contributed by atoms with Gasteiger partial charge in [-0.05, 0) is 43.5 Å². The van der Waals surface area contributed by atoms with E-state index in [0.29, 0.717) is 11.7 Å². The molecule has 1 aliphatic heterocycles. The van der Waals surface area contributed by atoms with E-state index in [1.807, 2.05) is 13.0 Å². The number of halogens is 1. The van der Waals surface area contributed by atoms with Gasteiger partial charge in [0.25, 0.3) is 0 Å². The number of fused-ring (bicyclic) bond motifs is 1. The smallest absolute Gasteiger partial charge is 0.159 e. The molecule has 1 N–H and O–H groups in total. The first-order chi connectivity index (χ1) is 9.70. The molecule has 2 aromatic rings. The molecule has 1 fully saturated rings. The van der Waals surface area contributed by atoms with Crippen LogP contribution >= 0.6 is 0 Å². The van der Waals surface area contributed by atoms with Gasteiger partial charge in [0.2, 0.25) is 0 Å². The highest BCUT2D eigenvalue weighted by Gasteiger charge is 2.31. The van der Waals surface area contributed by atoms with Gasteiger partial charge < -0.3 is 5.32 Å². The van der Waals surface area contributed by atoms with Gasteiger partial charge in [0, 0.05) is 30.1 Å². The molecule has 102 valence electrons. The van der Waals surface area contributed by atoms with Crippen molar-refractivity contribution in [3.63, 3.8) is 0 Å². The van der Waals surface area contributed by atoms with E-state index in [9.17, 15) is 4.39 Å². The third kappa shape index (κ3) is 2.00. The van der Waals surface area contributed by atoms with E-state index in [1.165, 1.54) is 36.2 Å². The monoisotopic (exact) mass is 269 g/mol. The van der Waals surface area contributed by atoms with Crippen molar-refractivity contribution in [1.29, 1.82) is 0 Å². The van der Waals surface area contributed by atoms with Gasteiger partial charge in [-0.3, -0.25) is 0 Å². The second kappa shape index (κ2) is 4.35. The largest absolute Gasteiger partial charge is 0.307 e. The number of hydrogen-bond donors (Lipinski definition) is 1. The molecule has 0 unspecified atom stereocenters. The Bertz CT molecular complexity index is 672. The van der Waals surface area contributed by atoms with Crippen LogP contribution in [0.2, 0.25) is 0 Å². The molecule has 1 aromatic heterocycles. The fraction of sp³-hybridized carbons (Fsp3) is 0.375. The molecule has 0 amide bonds. The van der Waals surface area contributed by atoms with Crippen LogP contribution in [0.5, 0.6) is 0 Å². The van der Waals surface area contributed by atoms with Crippen molar-refractivity contribution in [2.75, 3.05) is 0 Å². The summed E-state index contributed by atoms with van der Waals surface area (Å²) in [7, 11) is 0. The molecule has 4 rings (SSSR count). The van der Waals surface area contributed by atoms with Gasteiger partial charge in [-0.15, -0.1) is 0 Å². The van der Waals surface area contributed by atoms with E-state index in [2.05, 4.69) is 10.3 Å². The predicted octanol–water partition coefficient (Wildman–Crippen LogP) is 3.07. The summed E-state index contributed by atoms with van der Waals surface area (Å²) >= 11 is 0. The van der Waals surface area contributed by atoms with E-state index in [0.717, 1.165) is 29.9 Å². The highest BCUT2D eigenvalue weighted by atomic mass is 19.1. The zero-order chi connectivity index (χ0) is 13.7. The molecule has 0 spiro atoms. The fourth-order valence-corrected chi connectivity index (χ4v) is 2.88. The quantitative estimate of drug-likeness (QED) is 0.910. The number of aromatic nitrogens is 2. The van der Waals surface area contributed by atoms with Crippen molar-refractivity contribution in [2.45, 2.75) is 38.8 Å². The van der Waals surface area contributed by atoms with Crippen LogP contribution in [0, 0.1) is 12.7 Å². The lowest BCUT2D eigenvalue weighted by molar-refractivity contribution is 0.627. The first kappa shape index (κ1) is 12.0. The summed E-state index contributed by atoms with van der Waals surface area (Å²) in [5.74, 6) is 1.02. The lowest BCUT2D eigenvalue weighted by Crippen LogP contribution is -2.03. The second-order valence-electron chi connectivity index (χ2n) is 5.75. The van der Waals surface area contributed by atoms with E-state index in [4.69, 9.17) is 4.98 Å². The van der Waals surface area contributed by atoms with E-state index < -0.39 is 0 Å². The average Bonchev–Trinajstić information content (AvgIpc) is 3.14. The van der Waals surface area contributed by atoms with Gasteiger partial charge in [-0.2, -0.15) is 0 Å². The molecular weight excluding hydrogens is 253 g/mol. The number of aryl methyl sites for hydroxylation is 1. The summed E-state index contributed by atoms with van der Waals surface area (Å²) in [5.41, 5.74) is 5.20. The summed E-state index contributed by atoms with van der Waals surface area (Å²) in [6, 6.07) is 5.00. The van der Waals surface area contributed by atoms with Gasteiger partial charge in [0.1, 0.15) is 5.82 Å². The maximum absolute atomic E-state index is 13.6. The Morgan fingerprint density at radius 2 is 2.00 bits per heavy atom. The third-order valence-electron chi connectivity index (χ3n) is 3.98. The molecule has 1 saturated carbocycles. The van der Waals surface area contributed by atoms with Gasteiger partial charge in [0.05, 0.1) is 11.4 Å². The first-order valence-electron chi connectivity index (χ1n) is 7.08. The first-order valence-corrected chi connectivity index (χ1v) is 7.08. The van der Waals surface area contributed by atoms with Crippen molar-refractivity contribution in [2.24, 2.45) is 0 Å². The standard InChI is InChI=1S/C16H16FN3/c1-9-4-11(6-12(17)5-9)16-19-14-8-18-7-13(14)15(20-16)10-2-3-10/h4-6,10,18H,2-3,7-8H2,1H3. The molecule has 2 heterocycles. The number of hydrogen-bond acceptors (Lipinski definition) is 3. The molecule has 0 bridgehead atoms. The van der Waals surface area contributed by atoms with Crippen molar-refractivity contribution in [3.8, 4) is 11.4 Å². The molecule has 4 heteroatoms. The molecule has 0 atom stereocenters. The Labute approximate surface area is 117 Å². The molecule has 0 saturated heterocycles. The molecule has 1 aliphatic carbocycles. The van der Waals surface area contributed by atoms with Crippen LogP contribution in [0.15, 0.2) is 18.2 Å². The van der Waals surface area contributed by atoms with Gasteiger partial charge in [-0.1, -0.05) is 0 Å². The molecule has 20 heavy (non-hydrogen) atoms. The minimum atomic E-state index is -0.227. The topological polar surface area (TPSA) is 37.8 Å². The summed E-state index contributed by atoms with van der Waals surface area (Å²) in [6.07, 6.45) is 2.43. The van der Waals surface area contributed by atoms with E-state index in [-0.39, 0.29) is 5.82 Å². The maximum atomic E-state index is 13.6. The lowest BCUT2D eigenvalue weighted by Gasteiger charge is -2.09. The minimum Gasteiger partial charge on any atom is -0.307 e. The van der Waals surface area contributed by atoms with Crippen LogP contribution in [0.25, 0.3) is 11.4 Å². The summed E-state index contributed by atoms with van der Waals surface area (Å²) in [4.78, 5) is 9.38. The van der Waals surface area contributed by atoms with Crippen molar-refractivity contribution >= 4 is 0 Å². The Hall–Kier alpha value is -1.81. The molecule has 3 nitrogen and oxygen atoms in total. The van der Waals surface area contributed by atoms with Gasteiger partial charge in [-0.25, -0.2) is 14.4 Å². The van der Waals surface area contributed by atoms with Crippen LogP contribution in [0.1, 0.15) is 41.3 Å². The lowest BCUT2D eigenvalue weighted by atomic mass is 10.1. The zero-order valence-electron chi connectivity index (χ0n) is 11.4. The Morgan fingerprint density at radius 1 is 1.15 bits per heavy atom. The highest BCUT2D eigenvalue weighted by Crippen LogP contribution is 2.42. The molecule has 2 aliphatic rings. The number of benzene rings is 1. The Morgan fingerprint density at radius 3 is 2.75 bits per heavy atom. The van der Waals surface area contributed by atoms with Crippen molar-refractivity contribution in [3.05, 3.63) is 46.5 Å². The fourth-order valence-electron chi connectivity index (χ4n) is 2.88. The Balaban J connectivity index is 1.87.